The van der Waals surface area contributed by atoms with E-state index in [0.717, 1.165) is 4.90 Å². The lowest BCUT2D eigenvalue weighted by Crippen LogP contribution is -2.29. The third-order valence-electron chi connectivity index (χ3n) is 3.47. The van der Waals surface area contributed by atoms with Gasteiger partial charge in [0, 0.05) is 6.07 Å². The topological polar surface area (TPSA) is 101 Å². The summed E-state index contributed by atoms with van der Waals surface area (Å²) >= 11 is 0. The Kier molecular flexibility index (Phi) is 3.19. The molecular weight excluding hydrogens is 288 g/mol. The Morgan fingerprint density at radius 1 is 1.05 bits per heavy atom. The number of hydrogen-bond donors (Lipinski definition) is 1. The molecule has 2 aromatic rings. The number of anilines is 1. The highest BCUT2D eigenvalue weighted by atomic mass is 16.6. The number of aliphatic hydroxyl groups excluding tert-OH is 1. The number of carbonyl (C=O) groups is 2. The molecule has 0 aromatic heterocycles. The number of nitro benzene ring substituents is 1. The molecule has 0 saturated carbocycles. The van der Waals surface area contributed by atoms with E-state index in [2.05, 4.69) is 0 Å². The fraction of sp³-hybridized carbons (Fsp3) is 0.0667. The molecule has 0 fully saturated rings. The summed E-state index contributed by atoms with van der Waals surface area (Å²) in [6.45, 7) is -0.159. The van der Waals surface area contributed by atoms with Gasteiger partial charge in [0.05, 0.1) is 22.8 Å². The lowest BCUT2D eigenvalue weighted by molar-refractivity contribution is -0.385. The minimum atomic E-state index is -0.718. The molecule has 2 aromatic carbocycles. The Balaban J connectivity index is 2.10. The average molecular weight is 298 g/mol. The summed E-state index contributed by atoms with van der Waals surface area (Å²) in [6.07, 6.45) is 0. The first-order valence-electron chi connectivity index (χ1n) is 6.40. The van der Waals surface area contributed by atoms with Gasteiger partial charge in [0.15, 0.2) is 0 Å². The van der Waals surface area contributed by atoms with Crippen molar-refractivity contribution in [3.05, 3.63) is 69.3 Å². The molecule has 0 radical (unpaired) electrons. The number of fused-ring (bicyclic) bond motifs is 1. The van der Waals surface area contributed by atoms with Crippen LogP contribution in [0, 0.1) is 10.1 Å². The molecule has 3 rings (SSSR count). The van der Waals surface area contributed by atoms with Crippen LogP contribution in [0.25, 0.3) is 0 Å². The van der Waals surface area contributed by atoms with Crippen LogP contribution in [0.4, 0.5) is 11.4 Å². The van der Waals surface area contributed by atoms with Gasteiger partial charge in [-0.3, -0.25) is 19.7 Å². The third kappa shape index (κ3) is 1.95. The highest BCUT2D eigenvalue weighted by Crippen LogP contribution is 2.33. The van der Waals surface area contributed by atoms with Gasteiger partial charge in [-0.1, -0.05) is 18.2 Å². The maximum absolute atomic E-state index is 12.4. The van der Waals surface area contributed by atoms with E-state index in [1.165, 1.54) is 30.3 Å². The minimum Gasteiger partial charge on any atom is -0.392 e. The Hall–Kier alpha value is -3.06. The lowest BCUT2D eigenvalue weighted by atomic mass is 10.1. The van der Waals surface area contributed by atoms with Crippen molar-refractivity contribution in [2.45, 2.75) is 6.61 Å². The van der Waals surface area contributed by atoms with Gasteiger partial charge in [-0.15, -0.1) is 0 Å². The zero-order valence-electron chi connectivity index (χ0n) is 11.2. The molecule has 0 bridgehead atoms. The van der Waals surface area contributed by atoms with Crippen LogP contribution in [0.3, 0.4) is 0 Å². The largest absolute Gasteiger partial charge is 0.392 e. The van der Waals surface area contributed by atoms with E-state index >= 15 is 0 Å². The molecule has 2 amide bonds. The maximum atomic E-state index is 12.4. The number of benzene rings is 2. The summed E-state index contributed by atoms with van der Waals surface area (Å²) in [5.41, 5.74) is 0.378. The third-order valence-corrected chi connectivity index (χ3v) is 3.47. The van der Waals surface area contributed by atoms with Crippen molar-refractivity contribution in [3.63, 3.8) is 0 Å². The standard InChI is InChI=1S/C15H10N2O5/c18-8-9-4-6-10(7-5-9)16-14(19)11-2-1-3-12(17(21)22)13(11)15(16)20/h1-7,18H,8H2. The van der Waals surface area contributed by atoms with Gasteiger partial charge in [0.2, 0.25) is 0 Å². The van der Waals surface area contributed by atoms with E-state index in [0.29, 0.717) is 11.3 Å². The lowest BCUT2D eigenvalue weighted by Gasteiger charge is -2.13. The van der Waals surface area contributed by atoms with E-state index in [9.17, 15) is 19.7 Å². The van der Waals surface area contributed by atoms with E-state index < -0.39 is 16.7 Å². The van der Waals surface area contributed by atoms with E-state index in [1.54, 1.807) is 12.1 Å². The summed E-state index contributed by atoms with van der Waals surface area (Å²) < 4.78 is 0. The normalized spacial score (nSPS) is 13.4. The molecule has 1 N–H and O–H groups in total. The quantitative estimate of drug-likeness (QED) is 0.529. The van der Waals surface area contributed by atoms with Crippen LogP contribution < -0.4 is 4.90 Å². The summed E-state index contributed by atoms with van der Waals surface area (Å²) in [4.78, 5) is 36.1. The molecule has 0 saturated heterocycles. The molecule has 0 unspecified atom stereocenters. The number of hydrogen-bond acceptors (Lipinski definition) is 5. The number of carbonyl (C=O) groups excluding carboxylic acids is 2. The molecule has 0 spiro atoms. The van der Waals surface area contributed by atoms with Crippen LogP contribution in [-0.2, 0) is 6.61 Å². The highest BCUT2D eigenvalue weighted by Gasteiger charge is 2.41. The Labute approximate surface area is 124 Å². The molecule has 1 heterocycles. The van der Waals surface area contributed by atoms with Crippen molar-refractivity contribution in [2.24, 2.45) is 0 Å². The van der Waals surface area contributed by atoms with E-state index in [4.69, 9.17) is 5.11 Å². The van der Waals surface area contributed by atoms with Gasteiger partial charge in [0.1, 0.15) is 5.56 Å². The van der Waals surface area contributed by atoms with Gasteiger partial charge in [-0.05, 0) is 23.8 Å². The summed E-state index contributed by atoms with van der Waals surface area (Å²) in [5.74, 6) is -1.32. The number of rotatable bonds is 3. The predicted molar refractivity (Wildman–Crippen MR) is 76.6 cm³/mol. The second kappa shape index (κ2) is 5.05. The first-order valence-corrected chi connectivity index (χ1v) is 6.40. The highest BCUT2D eigenvalue weighted by molar-refractivity contribution is 6.35. The SMILES string of the molecule is O=C1c2cccc([N+](=O)[O-])c2C(=O)N1c1ccc(CO)cc1. The summed E-state index contributed by atoms with van der Waals surface area (Å²) in [5, 5.41) is 20.1. The van der Waals surface area contributed by atoms with E-state index in [1.807, 2.05) is 0 Å². The second-order valence-electron chi connectivity index (χ2n) is 4.73. The predicted octanol–water partition coefficient (Wildman–Crippen LogP) is 1.89. The first-order chi connectivity index (χ1) is 10.5. The number of aliphatic hydroxyl groups is 1. The minimum absolute atomic E-state index is 0.0189. The maximum Gasteiger partial charge on any atom is 0.283 e. The molecule has 1 aliphatic heterocycles. The molecule has 7 heteroatoms. The van der Waals surface area contributed by atoms with Gasteiger partial charge < -0.3 is 5.11 Å². The summed E-state index contributed by atoms with van der Waals surface area (Å²) in [7, 11) is 0. The molecule has 1 aliphatic rings. The Morgan fingerprint density at radius 2 is 1.73 bits per heavy atom. The van der Waals surface area contributed by atoms with Crippen LogP contribution in [-0.4, -0.2) is 21.8 Å². The van der Waals surface area contributed by atoms with Crippen LogP contribution in [0.5, 0.6) is 0 Å². The smallest absolute Gasteiger partial charge is 0.283 e. The average Bonchev–Trinajstić information content (AvgIpc) is 2.79. The van der Waals surface area contributed by atoms with Crippen molar-refractivity contribution < 1.29 is 19.6 Å². The van der Waals surface area contributed by atoms with Crippen molar-refractivity contribution in [3.8, 4) is 0 Å². The number of nitrogens with zero attached hydrogens (tertiary/aromatic N) is 2. The van der Waals surface area contributed by atoms with Gasteiger partial charge in [-0.2, -0.15) is 0 Å². The molecule has 22 heavy (non-hydrogen) atoms. The van der Waals surface area contributed by atoms with Crippen LogP contribution in [0.1, 0.15) is 26.3 Å². The monoisotopic (exact) mass is 298 g/mol. The fourth-order valence-corrected chi connectivity index (χ4v) is 2.40. The molecular formula is C15H10N2O5. The number of imide groups is 1. The van der Waals surface area contributed by atoms with Gasteiger partial charge in [-0.25, -0.2) is 4.90 Å². The zero-order valence-corrected chi connectivity index (χ0v) is 11.2. The van der Waals surface area contributed by atoms with Crippen molar-refractivity contribution >= 4 is 23.2 Å². The Bertz CT molecular complexity index is 798. The molecule has 0 atom stereocenters. The van der Waals surface area contributed by atoms with Gasteiger partial charge in [0.25, 0.3) is 17.5 Å². The molecule has 7 nitrogen and oxygen atoms in total. The molecule has 110 valence electrons. The Morgan fingerprint density at radius 3 is 2.32 bits per heavy atom. The van der Waals surface area contributed by atoms with Crippen molar-refractivity contribution in [2.75, 3.05) is 4.90 Å². The van der Waals surface area contributed by atoms with Crippen molar-refractivity contribution in [1.82, 2.24) is 0 Å². The second-order valence-corrected chi connectivity index (χ2v) is 4.73. The fourth-order valence-electron chi connectivity index (χ4n) is 2.40. The zero-order chi connectivity index (χ0) is 15.9. The van der Waals surface area contributed by atoms with E-state index in [-0.39, 0.29) is 23.4 Å². The number of nitro groups is 1. The van der Waals surface area contributed by atoms with Crippen LogP contribution >= 0.6 is 0 Å². The van der Waals surface area contributed by atoms with Crippen LogP contribution in [0.15, 0.2) is 42.5 Å². The molecule has 0 aliphatic carbocycles. The van der Waals surface area contributed by atoms with Crippen LogP contribution in [0.2, 0.25) is 0 Å². The van der Waals surface area contributed by atoms with Gasteiger partial charge >= 0.3 is 0 Å². The van der Waals surface area contributed by atoms with Crippen molar-refractivity contribution in [1.29, 1.82) is 0 Å². The number of amides is 2. The first kappa shape index (κ1) is 13.9. The summed E-state index contributed by atoms with van der Waals surface area (Å²) in [6, 6.07) is 10.1.